The van der Waals surface area contributed by atoms with Crippen LogP contribution >= 0.6 is 11.6 Å². The number of benzene rings is 1. The molecule has 0 saturated heterocycles. The van der Waals surface area contributed by atoms with Crippen molar-refractivity contribution in [2.45, 2.75) is 19.4 Å². The first-order valence-corrected chi connectivity index (χ1v) is 4.33. The van der Waals surface area contributed by atoms with Gasteiger partial charge in [0.25, 0.3) is 0 Å². The molecule has 3 heteroatoms. The second-order valence-electron chi connectivity index (χ2n) is 2.79. The van der Waals surface area contributed by atoms with Crippen LogP contribution in [0.25, 0.3) is 0 Å². The Hall–Kier alpha value is -0.730. The van der Waals surface area contributed by atoms with Gasteiger partial charge in [-0.25, -0.2) is 0 Å². The second kappa shape index (κ2) is 3.78. The highest BCUT2D eigenvalue weighted by atomic mass is 35.5. The van der Waals surface area contributed by atoms with Crippen LogP contribution in [0.2, 0.25) is 5.02 Å². The first-order valence-electron chi connectivity index (χ1n) is 3.95. The summed E-state index contributed by atoms with van der Waals surface area (Å²) in [5, 5.41) is 0.652. The van der Waals surface area contributed by atoms with Crippen molar-refractivity contribution in [3.05, 3.63) is 28.8 Å². The summed E-state index contributed by atoms with van der Waals surface area (Å²) in [6.45, 7) is 2.03. The first-order chi connectivity index (χ1) is 5.65. The van der Waals surface area contributed by atoms with E-state index in [0.29, 0.717) is 10.7 Å². The van der Waals surface area contributed by atoms with E-state index in [-0.39, 0.29) is 6.04 Å². The van der Waals surface area contributed by atoms with Crippen LogP contribution in [-0.2, 0) is 0 Å². The minimum Gasteiger partial charge on any atom is -0.398 e. The van der Waals surface area contributed by atoms with Crippen LogP contribution in [0, 0.1) is 0 Å². The lowest BCUT2D eigenvalue weighted by Crippen LogP contribution is -2.10. The lowest BCUT2D eigenvalue weighted by atomic mass is 10.0. The molecule has 1 aromatic rings. The molecule has 1 aromatic carbocycles. The van der Waals surface area contributed by atoms with Crippen LogP contribution in [0.3, 0.4) is 0 Å². The molecule has 0 amide bonds. The molecule has 0 heterocycles. The van der Waals surface area contributed by atoms with Crippen molar-refractivity contribution in [2.75, 3.05) is 5.73 Å². The molecule has 0 aliphatic heterocycles. The van der Waals surface area contributed by atoms with Crippen molar-refractivity contribution in [2.24, 2.45) is 5.73 Å². The molecule has 0 radical (unpaired) electrons. The monoisotopic (exact) mass is 184 g/mol. The smallest absolute Gasteiger partial charge is 0.0426 e. The van der Waals surface area contributed by atoms with Crippen LogP contribution in [0.5, 0.6) is 0 Å². The molecule has 0 fully saturated rings. The maximum atomic E-state index is 5.82. The van der Waals surface area contributed by atoms with E-state index in [1.807, 2.05) is 19.1 Å². The molecule has 0 spiro atoms. The topological polar surface area (TPSA) is 52.0 Å². The fourth-order valence-corrected chi connectivity index (χ4v) is 1.28. The molecule has 1 atom stereocenters. The van der Waals surface area contributed by atoms with Crippen molar-refractivity contribution in [1.82, 2.24) is 0 Å². The molecule has 1 rings (SSSR count). The van der Waals surface area contributed by atoms with E-state index in [4.69, 9.17) is 23.1 Å². The van der Waals surface area contributed by atoms with Crippen LogP contribution < -0.4 is 11.5 Å². The number of hydrogen-bond donors (Lipinski definition) is 2. The Morgan fingerprint density at radius 1 is 1.50 bits per heavy atom. The number of halogens is 1. The van der Waals surface area contributed by atoms with Gasteiger partial charge in [0.1, 0.15) is 0 Å². The molecule has 0 aromatic heterocycles. The first kappa shape index (κ1) is 9.36. The predicted molar refractivity (Wildman–Crippen MR) is 53.1 cm³/mol. The van der Waals surface area contributed by atoms with Gasteiger partial charge in [0.2, 0.25) is 0 Å². The largest absolute Gasteiger partial charge is 0.398 e. The maximum Gasteiger partial charge on any atom is 0.0426 e. The van der Waals surface area contributed by atoms with E-state index in [9.17, 15) is 0 Å². The van der Waals surface area contributed by atoms with Gasteiger partial charge in [-0.05, 0) is 24.1 Å². The Kier molecular flexibility index (Phi) is 2.95. The van der Waals surface area contributed by atoms with Gasteiger partial charge in [0.05, 0.1) is 0 Å². The molecule has 4 N–H and O–H groups in total. The molecule has 0 aliphatic rings. The number of hydrogen-bond acceptors (Lipinski definition) is 2. The lowest BCUT2D eigenvalue weighted by molar-refractivity contribution is 0.701. The highest BCUT2D eigenvalue weighted by Crippen LogP contribution is 2.23. The average molecular weight is 185 g/mol. The van der Waals surface area contributed by atoms with Gasteiger partial charge >= 0.3 is 0 Å². The second-order valence-corrected chi connectivity index (χ2v) is 3.22. The van der Waals surface area contributed by atoms with Gasteiger partial charge in [-0.3, -0.25) is 0 Å². The SMILES string of the molecule is CCC(N)c1ccc(Cl)cc1N. The number of rotatable bonds is 2. The third-order valence-corrected chi connectivity index (χ3v) is 2.12. The van der Waals surface area contributed by atoms with Crippen molar-refractivity contribution in [3.63, 3.8) is 0 Å². The van der Waals surface area contributed by atoms with Gasteiger partial charge in [0.15, 0.2) is 0 Å². The minimum atomic E-state index is 0.0160. The fraction of sp³-hybridized carbons (Fsp3) is 0.333. The molecule has 66 valence electrons. The zero-order valence-electron chi connectivity index (χ0n) is 7.05. The highest BCUT2D eigenvalue weighted by molar-refractivity contribution is 6.30. The van der Waals surface area contributed by atoms with Crippen LogP contribution in [0.4, 0.5) is 5.69 Å². The van der Waals surface area contributed by atoms with Gasteiger partial charge in [-0.2, -0.15) is 0 Å². The zero-order valence-corrected chi connectivity index (χ0v) is 7.81. The summed E-state index contributed by atoms with van der Waals surface area (Å²) in [5.41, 5.74) is 13.2. The summed E-state index contributed by atoms with van der Waals surface area (Å²) in [7, 11) is 0. The zero-order chi connectivity index (χ0) is 9.14. The molecule has 0 aliphatic carbocycles. The van der Waals surface area contributed by atoms with Gasteiger partial charge < -0.3 is 11.5 Å². The number of nitrogens with two attached hydrogens (primary N) is 2. The molecule has 2 nitrogen and oxygen atoms in total. The minimum absolute atomic E-state index is 0.0160. The van der Waals surface area contributed by atoms with Crippen molar-refractivity contribution in [1.29, 1.82) is 0 Å². The quantitative estimate of drug-likeness (QED) is 0.694. The molecule has 0 bridgehead atoms. The van der Waals surface area contributed by atoms with Gasteiger partial charge in [-0.15, -0.1) is 0 Å². The van der Waals surface area contributed by atoms with E-state index in [2.05, 4.69) is 0 Å². The Morgan fingerprint density at radius 3 is 2.67 bits per heavy atom. The molecular weight excluding hydrogens is 172 g/mol. The molecule has 0 saturated carbocycles. The van der Waals surface area contributed by atoms with E-state index < -0.39 is 0 Å². The fourth-order valence-electron chi connectivity index (χ4n) is 1.10. The summed E-state index contributed by atoms with van der Waals surface area (Å²) in [5.74, 6) is 0. The van der Waals surface area contributed by atoms with Crippen molar-refractivity contribution < 1.29 is 0 Å². The van der Waals surface area contributed by atoms with Gasteiger partial charge in [-0.1, -0.05) is 24.6 Å². The summed E-state index contributed by atoms with van der Waals surface area (Å²) >= 11 is 5.74. The lowest BCUT2D eigenvalue weighted by Gasteiger charge is -2.11. The Bertz CT molecular complexity index is 273. The Balaban J connectivity index is 3.01. The molecule has 1 unspecified atom stereocenters. The van der Waals surface area contributed by atoms with E-state index in [0.717, 1.165) is 12.0 Å². The summed E-state index contributed by atoms with van der Waals surface area (Å²) < 4.78 is 0. The molecular formula is C9H13ClN2. The average Bonchev–Trinajstić information content (AvgIpc) is 2.03. The predicted octanol–water partition coefficient (Wildman–Crippen LogP) is 2.33. The van der Waals surface area contributed by atoms with Crippen molar-refractivity contribution >= 4 is 17.3 Å². The maximum absolute atomic E-state index is 5.82. The normalized spacial score (nSPS) is 12.9. The molecule has 12 heavy (non-hydrogen) atoms. The standard InChI is InChI=1S/C9H13ClN2/c1-2-8(11)7-4-3-6(10)5-9(7)12/h3-5,8H,2,11-12H2,1H3. The van der Waals surface area contributed by atoms with E-state index >= 15 is 0 Å². The van der Waals surface area contributed by atoms with Crippen LogP contribution in [0.15, 0.2) is 18.2 Å². The summed E-state index contributed by atoms with van der Waals surface area (Å²) in [6, 6.07) is 5.43. The van der Waals surface area contributed by atoms with Crippen LogP contribution in [-0.4, -0.2) is 0 Å². The Morgan fingerprint density at radius 2 is 2.17 bits per heavy atom. The van der Waals surface area contributed by atoms with Gasteiger partial charge in [0, 0.05) is 16.8 Å². The Labute approximate surface area is 77.5 Å². The number of anilines is 1. The number of nitrogen functional groups attached to an aromatic ring is 1. The van der Waals surface area contributed by atoms with E-state index in [1.54, 1.807) is 6.07 Å². The third-order valence-electron chi connectivity index (χ3n) is 1.89. The highest BCUT2D eigenvalue weighted by Gasteiger charge is 2.06. The summed E-state index contributed by atoms with van der Waals surface area (Å²) in [4.78, 5) is 0. The van der Waals surface area contributed by atoms with Crippen LogP contribution in [0.1, 0.15) is 24.9 Å². The van der Waals surface area contributed by atoms with E-state index in [1.165, 1.54) is 0 Å². The third kappa shape index (κ3) is 1.90. The van der Waals surface area contributed by atoms with Crippen molar-refractivity contribution in [3.8, 4) is 0 Å². The summed E-state index contributed by atoms with van der Waals surface area (Å²) in [6.07, 6.45) is 0.881.